The van der Waals surface area contributed by atoms with Gasteiger partial charge >= 0.3 is 12.1 Å². The van der Waals surface area contributed by atoms with E-state index in [2.05, 4.69) is 18.7 Å². The van der Waals surface area contributed by atoms with Gasteiger partial charge in [-0.25, -0.2) is 13.2 Å². The first-order valence-corrected chi connectivity index (χ1v) is 13.0. The van der Waals surface area contributed by atoms with Gasteiger partial charge in [0.25, 0.3) is 0 Å². The second-order valence-electron chi connectivity index (χ2n) is 9.97. The number of aliphatic carboxylic acids is 1. The smallest absolute Gasteiger partial charge is 0.490 e. The third-order valence-corrected chi connectivity index (χ3v) is 8.31. The Morgan fingerprint density at radius 2 is 1.79 bits per heavy atom. The minimum atomic E-state index is -5.08. The van der Waals surface area contributed by atoms with Crippen LogP contribution in [0.1, 0.15) is 39.5 Å². The van der Waals surface area contributed by atoms with E-state index >= 15 is 0 Å². The molecule has 1 saturated carbocycles. The molecule has 1 N–H and O–H groups in total. The van der Waals surface area contributed by atoms with Crippen LogP contribution in [0, 0.1) is 17.3 Å². The fraction of sp³-hybridized carbons (Fsp3) is 0.696. The number of para-hydroxylation sites is 1. The van der Waals surface area contributed by atoms with Crippen LogP contribution in [0.5, 0.6) is 5.75 Å². The fourth-order valence-corrected chi connectivity index (χ4v) is 6.25. The maximum atomic E-state index is 13.4. The maximum absolute atomic E-state index is 13.4. The molecule has 0 amide bonds. The molecule has 34 heavy (non-hydrogen) atoms. The van der Waals surface area contributed by atoms with Gasteiger partial charge in [-0.2, -0.15) is 17.5 Å². The Balaban J connectivity index is 0.000000406. The normalized spacial score (nSPS) is 22.6. The number of alkyl halides is 3. The fourth-order valence-electron chi connectivity index (χ4n) is 4.41. The van der Waals surface area contributed by atoms with Gasteiger partial charge in [0.1, 0.15) is 10.6 Å². The van der Waals surface area contributed by atoms with E-state index in [0.717, 1.165) is 31.8 Å². The Morgan fingerprint density at radius 1 is 1.21 bits per heavy atom. The van der Waals surface area contributed by atoms with Crippen molar-refractivity contribution in [2.24, 2.45) is 17.3 Å². The zero-order chi connectivity index (χ0) is 25.1. The molecular formula is C23H33F3N2O5S. The van der Waals surface area contributed by atoms with Crippen molar-refractivity contribution in [2.75, 3.05) is 39.3 Å². The first-order valence-electron chi connectivity index (χ1n) is 11.6. The molecule has 1 saturated heterocycles. The van der Waals surface area contributed by atoms with E-state index in [4.69, 9.17) is 14.6 Å². The Kier molecular flexibility index (Phi) is 8.19. The van der Waals surface area contributed by atoms with Gasteiger partial charge < -0.3 is 14.7 Å². The number of carbonyl (C=O) groups is 1. The van der Waals surface area contributed by atoms with Crippen molar-refractivity contribution in [2.45, 2.75) is 50.6 Å². The number of ether oxygens (including phenoxy) is 1. The van der Waals surface area contributed by atoms with E-state index in [1.807, 2.05) is 6.07 Å². The number of carboxylic acid groups (broad SMARTS) is 1. The van der Waals surface area contributed by atoms with Gasteiger partial charge in [0.15, 0.2) is 0 Å². The number of hydrogen-bond donors (Lipinski definition) is 1. The Morgan fingerprint density at radius 3 is 2.32 bits per heavy atom. The zero-order valence-electron chi connectivity index (χ0n) is 19.6. The lowest BCUT2D eigenvalue weighted by molar-refractivity contribution is -0.192. The third kappa shape index (κ3) is 6.85. The van der Waals surface area contributed by atoms with Gasteiger partial charge in [-0.15, -0.1) is 0 Å². The summed E-state index contributed by atoms with van der Waals surface area (Å²) in [6.07, 6.45) is -0.318. The van der Waals surface area contributed by atoms with Gasteiger partial charge in [-0.3, -0.25) is 0 Å². The molecule has 1 aliphatic carbocycles. The molecule has 2 fully saturated rings. The number of halogens is 3. The van der Waals surface area contributed by atoms with Crippen molar-refractivity contribution in [1.82, 2.24) is 9.21 Å². The van der Waals surface area contributed by atoms with E-state index in [9.17, 15) is 21.6 Å². The summed E-state index contributed by atoms with van der Waals surface area (Å²) in [6, 6.07) is 7.10. The molecule has 1 aromatic rings. The summed E-state index contributed by atoms with van der Waals surface area (Å²) in [5, 5.41) is 7.12. The lowest BCUT2D eigenvalue weighted by atomic mass is 9.78. The molecule has 3 aliphatic rings. The SMILES string of the molecule is CC(C)CN1CC2(CCN(CC3CC3)CC2)COc2ccccc2S1(=O)=O.O=C(O)C(F)(F)F. The summed E-state index contributed by atoms with van der Waals surface area (Å²) in [7, 11) is -3.54. The van der Waals surface area contributed by atoms with Crippen molar-refractivity contribution in [1.29, 1.82) is 0 Å². The molecule has 1 spiro atoms. The van der Waals surface area contributed by atoms with Gasteiger partial charge in [-0.05, 0) is 62.7 Å². The minimum absolute atomic E-state index is 0.0878. The van der Waals surface area contributed by atoms with Crippen LogP contribution in [-0.2, 0) is 14.8 Å². The molecule has 192 valence electrons. The van der Waals surface area contributed by atoms with Gasteiger partial charge in [-0.1, -0.05) is 26.0 Å². The zero-order valence-corrected chi connectivity index (χ0v) is 20.4. The van der Waals surface area contributed by atoms with Crippen LogP contribution in [0.25, 0.3) is 0 Å². The first-order chi connectivity index (χ1) is 15.8. The Hall–Kier alpha value is -1.85. The summed E-state index contributed by atoms with van der Waals surface area (Å²) < 4.78 is 66.4. The molecule has 1 aromatic carbocycles. The number of likely N-dealkylation sites (tertiary alicyclic amines) is 1. The number of piperidine rings is 1. The second kappa shape index (κ2) is 10.4. The number of fused-ring (bicyclic) bond motifs is 1. The Bertz CT molecular complexity index is 956. The monoisotopic (exact) mass is 506 g/mol. The lowest BCUT2D eigenvalue weighted by Gasteiger charge is -2.45. The van der Waals surface area contributed by atoms with Crippen molar-refractivity contribution < 1.29 is 36.2 Å². The summed E-state index contributed by atoms with van der Waals surface area (Å²) >= 11 is 0. The van der Waals surface area contributed by atoms with E-state index in [1.54, 1.807) is 22.5 Å². The summed E-state index contributed by atoms with van der Waals surface area (Å²) in [5.74, 6) is -1.06. The maximum Gasteiger partial charge on any atom is 0.490 e. The average molecular weight is 507 g/mol. The Labute approximate surface area is 198 Å². The highest BCUT2D eigenvalue weighted by atomic mass is 32.2. The molecule has 0 radical (unpaired) electrons. The number of rotatable bonds is 4. The predicted octanol–water partition coefficient (Wildman–Crippen LogP) is 3.85. The quantitative estimate of drug-likeness (QED) is 0.668. The van der Waals surface area contributed by atoms with Crippen LogP contribution in [0.15, 0.2) is 29.2 Å². The molecule has 0 atom stereocenters. The van der Waals surface area contributed by atoms with Crippen LogP contribution in [-0.4, -0.2) is 74.2 Å². The molecule has 2 aliphatic heterocycles. The molecule has 0 bridgehead atoms. The van der Waals surface area contributed by atoms with E-state index in [0.29, 0.717) is 36.3 Å². The molecule has 4 rings (SSSR count). The summed E-state index contributed by atoms with van der Waals surface area (Å²) in [6.45, 7) is 9.22. The summed E-state index contributed by atoms with van der Waals surface area (Å²) in [4.78, 5) is 11.8. The van der Waals surface area contributed by atoms with Gasteiger partial charge in [0, 0.05) is 25.0 Å². The standard InChI is InChI=1S/C21H32N2O3S.C2HF3O2/c1-17(2)13-23-15-21(9-11-22(12-10-21)14-18-7-8-18)16-26-19-5-3-4-6-20(19)27(23,24)25;3-2(4,5)1(6)7/h3-6,17-18H,7-16H2,1-2H3;(H,6,7). The van der Waals surface area contributed by atoms with Crippen molar-refractivity contribution in [3.63, 3.8) is 0 Å². The highest BCUT2D eigenvalue weighted by Crippen LogP contribution is 2.40. The van der Waals surface area contributed by atoms with Crippen LogP contribution >= 0.6 is 0 Å². The molecule has 7 nitrogen and oxygen atoms in total. The van der Waals surface area contributed by atoms with Gasteiger partial charge in [0.05, 0.1) is 6.61 Å². The predicted molar refractivity (Wildman–Crippen MR) is 120 cm³/mol. The molecule has 0 unspecified atom stereocenters. The topological polar surface area (TPSA) is 87.2 Å². The van der Waals surface area contributed by atoms with E-state index < -0.39 is 22.2 Å². The lowest BCUT2D eigenvalue weighted by Crippen LogP contribution is -2.52. The molecular weight excluding hydrogens is 473 g/mol. The highest BCUT2D eigenvalue weighted by molar-refractivity contribution is 7.89. The third-order valence-electron chi connectivity index (χ3n) is 6.45. The van der Waals surface area contributed by atoms with E-state index in [1.165, 1.54) is 19.4 Å². The average Bonchev–Trinajstić information content (AvgIpc) is 3.57. The minimum Gasteiger partial charge on any atom is -0.492 e. The molecule has 11 heteroatoms. The number of carboxylic acids is 1. The number of hydrogen-bond acceptors (Lipinski definition) is 5. The number of benzene rings is 1. The van der Waals surface area contributed by atoms with Crippen molar-refractivity contribution >= 4 is 16.0 Å². The first kappa shape index (κ1) is 26.7. The van der Waals surface area contributed by atoms with Crippen molar-refractivity contribution in [3.05, 3.63) is 24.3 Å². The van der Waals surface area contributed by atoms with Gasteiger partial charge in [0.2, 0.25) is 10.0 Å². The van der Waals surface area contributed by atoms with Crippen LogP contribution in [0.3, 0.4) is 0 Å². The van der Waals surface area contributed by atoms with Crippen molar-refractivity contribution in [3.8, 4) is 5.75 Å². The summed E-state index contributed by atoms with van der Waals surface area (Å²) in [5.41, 5.74) is -0.0878. The van der Waals surface area contributed by atoms with Crippen LogP contribution < -0.4 is 4.74 Å². The largest absolute Gasteiger partial charge is 0.492 e. The number of nitrogens with zero attached hydrogens (tertiary/aromatic N) is 2. The second-order valence-corrected chi connectivity index (χ2v) is 11.9. The van der Waals surface area contributed by atoms with E-state index in [-0.39, 0.29) is 5.41 Å². The highest BCUT2D eigenvalue weighted by Gasteiger charge is 2.43. The molecule has 0 aromatic heterocycles. The van der Waals surface area contributed by atoms with Crippen LogP contribution in [0.2, 0.25) is 0 Å². The number of sulfonamides is 1. The van der Waals surface area contributed by atoms with Crippen LogP contribution in [0.4, 0.5) is 13.2 Å². The molecule has 2 heterocycles.